The molecule has 2 amide bonds. The highest BCUT2D eigenvalue weighted by Crippen LogP contribution is 2.21. The molecule has 2 N–H and O–H groups in total. The molecule has 5 rings (SSSR count). The summed E-state index contributed by atoms with van der Waals surface area (Å²) in [6.45, 7) is 3.44. The molecule has 1 aliphatic rings. The van der Waals surface area contributed by atoms with Gasteiger partial charge in [-0.2, -0.15) is 0 Å². The first kappa shape index (κ1) is 21.2. The minimum Gasteiger partial charge on any atom is -0.361 e. The molecule has 0 atom stereocenters. The minimum atomic E-state index is -0.0450. The molecule has 2 heterocycles. The number of rotatable bonds is 6. The fraction of sp³-hybridized carbons (Fsp3) is 0.259. The summed E-state index contributed by atoms with van der Waals surface area (Å²) in [5.74, 6) is -0.0408. The number of H-pyrrole nitrogens is 1. The minimum absolute atomic E-state index is 0.00423. The Bertz CT molecular complexity index is 1290. The second kappa shape index (κ2) is 9.46. The van der Waals surface area contributed by atoms with Gasteiger partial charge >= 0.3 is 0 Å². The van der Waals surface area contributed by atoms with Gasteiger partial charge in [-0.05, 0) is 34.0 Å². The van der Waals surface area contributed by atoms with Crippen molar-refractivity contribution in [2.75, 3.05) is 32.7 Å². The number of carbonyl (C=O) groups is 2. The van der Waals surface area contributed by atoms with Crippen molar-refractivity contribution in [3.8, 4) is 0 Å². The normalized spacial score (nSPS) is 14.0. The quantitative estimate of drug-likeness (QED) is 0.483. The predicted octanol–water partition coefficient (Wildman–Crippen LogP) is 3.32. The molecular formula is C27H28N4O2. The summed E-state index contributed by atoms with van der Waals surface area (Å²) in [6.07, 6.45) is 2.15. The maximum absolute atomic E-state index is 13.5. The van der Waals surface area contributed by atoms with Gasteiger partial charge < -0.3 is 20.1 Å². The van der Waals surface area contributed by atoms with E-state index < -0.39 is 0 Å². The molecule has 1 aliphatic heterocycles. The van der Waals surface area contributed by atoms with Gasteiger partial charge in [0.1, 0.15) is 6.54 Å². The third-order valence-corrected chi connectivity index (χ3v) is 6.35. The van der Waals surface area contributed by atoms with Gasteiger partial charge in [0.2, 0.25) is 11.8 Å². The van der Waals surface area contributed by atoms with Crippen molar-refractivity contribution < 1.29 is 9.59 Å². The average molecular weight is 441 g/mol. The molecule has 6 heteroatoms. The van der Waals surface area contributed by atoms with Crippen LogP contribution in [0, 0.1) is 0 Å². The summed E-state index contributed by atoms with van der Waals surface area (Å²) in [6, 6.07) is 22.4. The van der Waals surface area contributed by atoms with E-state index in [0.717, 1.165) is 45.9 Å². The summed E-state index contributed by atoms with van der Waals surface area (Å²) < 4.78 is 0. The van der Waals surface area contributed by atoms with Crippen LogP contribution in [0.25, 0.3) is 21.7 Å². The van der Waals surface area contributed by atoms with E-state index >= 15 is 0 Å². The second-order valence-electron chi connectivity index (χ2n) is 8.60. The summed E-state index contributed by atoms with van der Waals surface area (Å²) in [5, 5.41) is 6.61. The molecule has 0 unspecified atom stereocenters. The van der Waals surface area contributed by atoms with Crippen LogP contribution in [0.15, 0.2) is 72.9 Å². The monoisotopic (exact) mass is 440 g/mol. The Balaban J connectivity index is 1.39. The fourth-order valence-electron chi connectivity index (χ4n) is 4.52. The van der Waals surface area contributed by atoms with Crippen molar-refractivity contribution >= 4 is 33.5 Å². The van der Waals surface area contributed by atoms with Crippen LogP contribution in [-0.2, 0) is 22.6 Å². The van der Waals surface area contributed by atoms with Crippen molar-refractivity contribution in [3.63, 3.8) is 0 Å². The zero-order chi connectivity index (χ0) is 22.6. The van der Waals surface area contributed by atoms with Crippen molar-refractivity contribution in [1.82, 2.24) is 20.1 Å². The number of hydrogen-bond donors (Lipinski definition) is 2. The van der Waals surface area contributed by atoms with E-state index in [2.05, 4.69) is 34.6 Å². The van der Waals surface area contributed by atoms with Crippen LogP contribution < -0.4 is 5.32 Å². The van der Waals surface area contributed by atoms with E-state index in [0.29, 0.717) is 19.6 Å². The lowest BCUT2D eigenvalue weighted by molar-refractivity contribution is -0.141. The van der Waals surface area contributed by atoms with Crippen LogP contribution in [0.3, 0.4) is 0 Å². The molecule has 0 saturated carbocycles. The number of para-hydroxylation sites is 1. The van der Waals surface area contributed by atoms with E-state index in [1.54, 1.807) is 4.90 Å². The average Bonchev–Trinajstić information content (AvgIpc) is 3.26. The smallest absolute Gasteiger partial charge is 0.242 e. The first-order valence-corrected chi connectivity index (χ1v) is 11.5. The molecule has 0 bridgehead atoms. The molecule has 1 aromatic heterocycles. The van der Waals surface area contributed by atoms with Crippen molar-refractivity contribution in [2.24, 2.45) is 0 Å². The van der Waals surface area contributed by atoms with Gasteiger partial charge in [0.25, 0.3) is 0 Å². The van der Waals surface area contributed by atoms with E-state index in [9.17, 15) is 9.59 Å². The number of nitrogens with one attached hydrogen (secondary N) is 2. The number of amides is 2. The van der Waals surface area contributed by atoms with Crippen molar-refractivity contribution in [3.05, 3.63) is 84.1 Å². The van der Waals surface area contributed by atoms with Gasteiger partial charge in [-0.3, -0.25) is 9.59 Å². The molecule has 3 aromatic carbocycles. The Morgan fingerprint density at radius 3 is 2.52 bits per heavy atom. The Hall–Kier alpha value is -3.64. The first-order valence-electron chi connectivity index (χ1n) is 11.5. The van der Waals surface area contributed by atoms with Gasteiger partial charge in [0.15, 0.2) is 0 Å². The number of fused-ring (bicyclic) bond motifs is 2. The number of benzene rings is 3. The molecule has 0 spiro atoms. The molecule has 0 radical (unpaired) electrons. The molecule has 1 fully saturated rings. The zero-order valence-electron chi connectivity index (χ0n) is 18.6. The summed E-state index contributed by atoms with van der Waals surface area (Å²) >= 11 is 0. The number of piperazine rings is 1. The lowest BCUT2D eigenvalue weighted by atomic mass is 10.1. The Morgan fingerprint density at radius 1 is 0.909 bits per heavy atom. The Kier molecular flexibility index (Phi) is 6.09. The van der Waals surface area contributed by atoms with Gasteiger partial charge in [0.05, 0.1) is 6.42 Å². The standard InChI is InChI=1S/C27H28N4O2/c32-26(16-23-17-29-25-8-4-3-7-24(23)25)31(19-27(33)30-13-11-28-12-14-30)18-20-9-10-21-5-1-2-6-22(21)15-20/h1-10,15,17,28-29H,11-14,16,18-19H2. The van der Waals surface area contributed by atoms with E-state index in [-0.39, 0.29) is 24.8 Å². The largest absolute Gasteiger partial charge is 0.361 e. The summed E-state index contributed by atoms with van der Waals surface area (Å²) in [4.78, 5) is 33.3. The lowest BCUT2D eigenvalue weighted by Crippen LogP contribution is -2.50. The molecule has 33 heavy (non-hydrogen) atoms. The molecule has 6 nitrogen and oxygen atoms in total. The number of hydrogen-bond acceptors (Lipinski definition) is 3. The first-order chi connectivity index (χ1) is 16.2. The number of nitrogens with zero attached hydrogens (tertiary/aromatic N) is 2. The van der Waals surface area contributed by atoms with Crippen molar-refractivity contribution in [2.45, 2.75) is 13.0 Å². The number of carbonyl (C=O) groups excluding carboxylic acids is 2. The van der Waals surface area contributed by atoms with Gasteiger partial charge in [0, 0.05) is 49.8 Å². The van der Waals surface area contributed by atoms with Gasteiger partial charge in [-0.25, -0.2) is 0 Å². The highest BCUT2D eigenvalue weighted by Gasteiger charge is 2.23. The predicted molar refractivity (Wildman–Crippen MR) is 131 cm³/mol. The van der Waals surface area contributed by atoms with Crippen LogP contribution in [0.4, 0.5) is 0 Å². The molecule has 168 valence electrons. The van der Waals surface area contributed by atoms with E-state index in [1.807, 2.05) is 53.6 Å². The lowest BCUT2D eigenvalue weighted by Gasteiger charge is -2.30. The highest BCUT2D eigenvalue weighted by atomic mass is 16.2. The number of aromatic nitrogens is 1. The molecule has 1 saturated heterocycles. The zero-order valence-corrected chi connectivity index (χ0v) is 18.6. The third kappa shape index (κ3) is 4.76. The Labute approximate surface area is 193 Å². The van der Waals surface area contributed by atoms with Crippen LogP contribution in [0.1, 0.15) is 11.1 Å². The topological polar surface area (TPSA) is 68.4 Å². The molecule has 0 aliphatic carbocycles. The van der Waals surface area contributed by atoms with Gasteiger partial charge in [-0.15, -0.1) is 0 Å². The highest BCUT2D eigenvalue weighted by molar-refractivity contribution is 5.91. The van der Waals surface area contributed by atoms with Crippen LogP contribution in [0.2, 0.25) is 0 Å². The second-order valence-corrected chi connectivity index (χ2v) is 8.60. The maximum atomic E-state index is 13.5. The third-order valence-electron chi connectivity index (χ3n) is 6.35. The molecule has 4 aromatic rings. The van der Waals surface area contributed by atoms with E-state index in [4.69, 9.17) is 0 Å². The van der Waals surface area contributed by atoms with E-state index in [1.165, 1.54) is 0 Å². The SMILES string of the molecule is O=C(CN(Cc1ccc2ccccc2c1)C(=O)Cc1c[nH]c2ccccc12)N1CCNCC1. The Morgan fingerprint density at radius 2 is 1.67 bits per heavy atom. The maximum Gasteiger partial charge on any atom is 0.242 e. The van der Waals surface area contributed by atoms with Crippen LogP contribution >= 0.6 is 0 Å². The number of aromatic amines is 1. The van der Waals surface area contributed by atoms with Gasteiger partial charge in [-0.1, -0.05) is 54.6 Å². The summed E-state index contributed by atoms with van der Waals surface area (Å²) in [5.41, 5.74) is 2.99. The van der Waals surface area contributed by atoms with Crippen LogP contribution in [-0.4, -0.2) is 59.3 Å². The molecular weight excluding hydrogens is 412 g/mol. The van der Waals surface area contributed by atoms with Crippen LogP contribution in [0.5, 0.6) is 0 Å². The van der Waals surface area contributed by atoms with Crippen molar-refractivity contribution in [1.29, 1.82) is 0 Å². The fourth-order valence-corrected chi connectivity index (χ4v) is 4.52. The summed E-state index contributed by atoms with van der Waals surface area (Å²) in [7, 11) is 0.